The zero-order chi connectivity index (χ0) is 16.5. The molecule has 0 aliphatic heterocycles. The van der Waals surface area contributed by atoms with E-state index in [1.54, 1.807) is 0 Å². The van der Waals surface area contributed by atoms with Crippen molar-refractivity contribution in [2.75, 3.05) is 0 Å². The molecule has 0 aliphatic carbocycles. The van der Waals surface area contributed by atoms with Gasteiger partial charge in [-0.1, -0.05) is 36.4 Å². The molecular weight excluding hydrogens is 308 g/mol. The van der Waals surface area contributed by atoms with E-state index in [1.165, 1.54) is 10.8 Å². The second-order valence-corrected chi connectivity index (χ2v) is 19.8. The lowest BCUT2D eigenvalue weighted by Gasteiger charge is -2.37. The first-order chi connectivity index (χ1) is 9.32. The molecule has 0 atom stereocenters. The van der Waals surface area contributed by atoms with E-state index < -0.39 is 25.2 Å². The van der Waals surface area contributed by atoms with Gasteiger partial charge in [-0.15, -0.1) is 0 Å². The highest BCUT2D eigenvalue weighted by atomic mass is 28.5. The van der Waals surface area contributed by atoms with Gasteiger partial charge < -0.3 is 8.23 Å². The van der Waals surface area contributed by atoms with Crippen LogP contribution in [0.15, 0.2) is 30.8 Å². The Bertz CT molecular complexity index is 499. The van der Waals surface area contributed by atoms with Crippen LogP contribution in [0.25, 0.3) is 5.57 Å². The monoisotopic (exact) mass is 338 g/mol. The van der Waals surface area contributed by atoms with E-state index in [-0.39, 0.29) is 0 Å². The van der Waals surface area contributed by atoms with Crippen molar-refractivity contribution in [1.29, 1.82) is 0 Å². The van der Waals surface area contributed by atoms with E-state index >= 15 is 0 Å². The first-order valence-electron chi connectivity index (χ1n) is 7.49. The van der Waals surface area contributed by atoms with Crippen LogP contribution in [0, 0.1) is 0 Å². The Hall–Kier alpha value is -0.469. The van der Waals surface area contributed by atoms with Crippen molar-refractivity contribution < 1.29 is 8.23 Å². The van der Waals surface area contributed by atoms with Crippen LogP contribution in [0.1, 0.15) is 12.5 Å². The van der Waals surface area contributed by atoms with Crippen LogP contribution in [0.2, 0.25) is 45.8 Å². The summed E-state index contributed by atoms with van der Waals surface area (Å²) in [6.45, 7) is 21.5. The third kappa shape index (κ3) is 6.04. The fraction of sp³-hybridized carbons (Fsp3) is 0.500. The van der Waals surface area contributed by atoms with E-state index in [0.717, 1.165) is 5.57 Å². The molecule has 0 bridgehead atoms. The average molecular weight is 339 g/mol. The van der Waals surface area contributed by atoms with Gasteiger partial charge in [-0.2, -0.15) is 0 Å². The van der Waals surface area contributed by atoms with Gasteiger partial charge in [-0.3, -0.25) is 0 Å². The van der Waals surface area contributed by atoms with E-state index in [2.05, 4.69) is 76.7 Å². The Kier molecular flexibility index (Phi) is 5.61. The molecule has 0 saturated carbocycles. The summed E-state index contributed by atoms with van der Waals surface area (Å²) in [5.74, 6) is 0. The minimum absolute atomic E-state index is 1.10. The molecule has 0 unspecified atom stereocenters. The zero-order valence-electron chi connectivity index (χ0n) is 14.8. The Labute approximate surface area is 133 Å². The SMILES string of the molecule is C=C(C)c1ccc([Si](C)(C)O[Si](C)(C)O[Si](C)(C)C)cc1. The maximum Gasteiger partial charge on any atom is 0.311 e. The highest BCUT2D eigenvalue weighted by Crippen LogP contribution is 2.21. The van der Waals surface area contributed by atoms with E-state index in [4.69, 9.17) is 8.23 Å². The number of allylic oxidation sites excluding steroid dienone is 1. The minimum Gasteiger partial charge on any atom is -0.437 e. The second kappa shape index (κ2) is 6.34. The molecule has 2 nitrogen and oxygen atoms in total. The maximum absolute atomic E-state index is 6.56. The topological polar surface area (TPSA) is 18.5 Å². The number of rotatable bonds is 6. The Morgan fingerprint density at radius 1 is 0.857 bits per heavy atom. The second-order valence-electron chi connectivity index (χ2n) is 7.58. The van der Waals surface area contributed by atoms with Gasteiger partial charge in [0.1, 0.15) is 0 Å². The fourth-order valence-corrected chi connectivity index (χ4v) is 15.4. The summed E-state index contributed by atoms with van der Waals surface area (Å²) in [4.78, 5) is 0. The summed E-state index contributed by atoms with van der Waals surface area (Å²) >= 11 is 0. The first-order valence-corrected chi connectivity index (χ1v) is 16.6. The van der Waals surface area contributed by atoms with Crippen LogP contribution >= 0.6 is 0 Å². The first kappa shape index (κ1) is 18.6. The van der Waals surface area contributed by atoms with Crippen molar-refractivity contribution >= 4 is 36.0 Å². The lowest BCUT2D eigenvalue weighted by Crippen LogP contribution is -2.56. The smallest absolute Gasteiger partial charge is 0.311 e. The van der Waals surface area contributed by atoms with E-state index in [9.17, 15) is 0 Å². The van der Waals surface area contributed by atoms with Crippen molar-refractivity contribution in [3.05, 3.63) is 36.4 Å². The molecule has 0 saturated heterocycles. The number of benzene rings is 1. The Balaban J connectivity index is 2.92. The van der Waals surface area contributed by atoms with Crippen LogP contribution in [0.5, 0.6) is 0 Å². The zero-order valence-corrected chi connectivity index (χ0v) is 17.8. The highest BCUT2D eigenvalue weighted by molar-refractivity contribution is 6.93. The summed E-state index contributed by atoms with van der Waals surface area (Å²) in [6, 6.07) is 8.66. The van der Waals surface area contributed by atoms with Gasteiger partial charge in [0.25, 0.3) is 0 Å². The summed E-state index contributed by atoms with van der Waals surface area (Å²) in [5, 5.41) is 1.31. The molecule has 118 valence electrons. The lowest BCUT2D eigenvalue weighted by molar-refractivity contribution is 0.398. The van der Waals surface area contributed by atoms with E-state index in [1.807, 2.05) is 6.92 Å². The summed E-state index contributed by atoms with van der Waals surface area (Å²) in [6.07, 6.45) is 0. The van der Waals surface area contributed by atoms with Crippen LogP contribution in [0.4, 0.5) is 0 Å². The highest BCUT2D eigenvalue weighted by Gasteiger charge is 2.38. The van der Waals surface area contributed by atoms with Gasteiger partial charge in [0.05, 0.1) is 0 Å². The summed E-state index contributed by atoms with van der Waals surface area (Å²) in [7, 11) is -5.60. The molecule has 5 heteroatoms. The van der Waals surface area contributed by atoms with Gasteiger partial charge in [0, 0.05) is 0 Å². The van der Waals surface area contributed by atoms with Gasteiger partial charge in [0.2, 0.25) is 8.32 Å². The molecule has 0 N–H and O–H groups in total. The van der Waals surface area contributed by atoms with Gasteiger partial charge >= 0.3 is 8.56 Å². The van der Waals surface area contributed by atoms with Gasteiger partial charge in [-0.25, -0.2) is 0 Å². The fourth-order valence-electron chi connectivity index (χ4n) is 2.59. The van der Waals surface area contributed by atoms with Crippen molar-refractivity contribution in [3.63, 3.8) is 0 Å². The molecule has 21 heavy (non-hydrogen) atoms. The minimum atomic E-state index is -2.09. The molecule has 0 aromatic heterocycles. The summed E-state index contributed by atoms with van der Waals surface area (Å²) in [5.41, 5.74) is 2.29. The third-order valence-corrected chi connectivity index (χ3v) is 13.3. The molecule has 0 amide bonds. The normalized spacial score (nSPS) is 13.3. The van der Waals surface area contributed by atoms with Crippen LogP contribution in [-0.2, 0) is 8.23 Å². The Morgan fingerprint density at radius 3 is 1.71 bits per heavy atom. The van der Waals surface area contributed by atoms with Crippen molar-refractivity contribution in [2.45, 2.75) is 52.8 Å². The van der Waals surface area contributed by atoms with Crippen molar-refractivity contribution in [1.82, 2.24) is 0 Å². The standard InChI is InChI=1S/C16H30O2Si3/c1-14(2)15-10-12-16(13-11-15)20(6,7)18-21(8,9)17-19(3,4)5/h10-13H,1H2,2-9H3. The molecule has 0 heterocycles. The molecular formula is C16H30O2Si3. The van der Waals surface area contributed by atoms with Gasteiger partial charge in [-0.05, 0) is 63.5 Å². The molecule has 0 aliphatic rings. The number of hydrogen-bond acceptors (Lipinski definition) is 2. The predicted molar refractivity (Wildman–Crippen MR) is 101 cm³/mol. The molecule has 0 spiro atoms. The molecule has 0 radical (unpaired) electrons. The molecule has 1 aromatic carbocycles. The number of hydrogen-bond donors (Lipinski definition) is 0. The lowest BCUT2D eigenvalue weighted by atomic mass is 10.1. The quantitative estimate of drug-likeness (QED) is 0.700. The van der Waals surface area contributed by atoms with E-state index in [0.29, 0.717) is 0 Å². The van der Waals surface area contributed by atoms with Crippen LogP contribution in [-0.4, -0.2) is 25.2 Å². The van der Waals surface area contributed by atoms with Crippen LogP contribution < -0.4 is 5.19 Å². The van der Waals surface area contributed by atoms with Crippen molar-refractivity contribution in [2.24, 2.45) is 0 Å². The Morgan fingerprint density at radius 2 is 1.33 bits per heavy atom. The average Bonchev–Trinajstić information content (AvgIpc) is 2.24. The van der Waals surface area contributed by atoms with Gasteiger partial charge in [0.15, 0.2) is 8.32 Å². The molecule has 1 aromatic rings. The van der Waals surface area contributed by atoms with Crippen molar-refractivity contribution in [3.8, 4) is 0 Å². The molecule has 1 rings (SSSR count). The largest absolute Gasteiger partial charge is 0.437 e. The maximum atomic E-state index is 6.56. The van der Waals surface area contributed by atoms with Crippen LogP contribution in [0.3, 0.4) is 0 Å². The predicted octanol–water partition coefficient (Wildman–Crippen LogP) is 4.70. The summed E-state index contributed by atoms with van der Waals surface area (Å²) < 4.78 is 12.9. The third-order valence-electron chi connectivity index (χ3n) is 3.13. The molecule has 0 fully saturated rings.